The second-order valence-corrected chi connectivity index (χ2v) is 17.5. The van der Waals surface area contributed by atoms with Crippen LogP contribution in [0.1, 0.15) is 69.9 Å². The topological polar surface area (TPSA) is 39.4 Å². The summed E-state index contributed by atoms with van der Waals surface area (Å²) in [5.74, 6) is 0.139. The van der Waals surface area contributed by atoms with Crippen LogP contribution >= 0.6 is 0 Å². The third-order valence-corrected chi connectivity index (χ3v) is 16.6. The molecule has 0 amide bonds. The molecule has 0 N–H and O–H groups in total. The monoisotopic (exact) mass is 402 g/mol. The van der Waals surface area contributed by atoms with Crippen LogP contribution in [0.4, 0.5) is 0 Å². The molecule has 0 saturated carbocycles. The van der Waals surface area contributed by atoms with E-state index >= 15 is 0 Å². The van der Waals surface area contributed by atoms with Crippen molar-refractivity contribution in [2.24, 2.45) is 0 Å². The van der Waals surface area contributed by atoms with Gasteiger partial charge in [0, 0.05) is 0 Å². The first-order chi connectivity index (χ1) is 10.2. The molecule has 3 nitrogen and oxygen atoms in total. The molecular weight excluding hydrogens is 371 g/mol. The summed E-state index contributed by atoms with van der Waals surface area (Å²) in [5, 5.41) is 0. The fourth-order valence-electron chi connectivity index (χ4n) is 2.67. The van der Waals surface area contributed by atoms with E-state index in [0.717, 1.165) is 13.3 Å². The van der Waals surface area contributed by atoms with Crippen molar-refractivity contribution in [3.8, 4) is 0 Å². The van der Waals surface area contributed by atoms with E-state index in [2.05, 4.69) is 20.8 Å². The van der Waals surface area contributed by atoms with Crippen molar-refractivity contribution in [3.05, 3.63) is 24.2 Å². The van der Waals surface area contributed by atoms with Crippen LogP contribution in [0.5, 0.6) is 0 Å². The third kappa shape index (κ3) is 6.45. The molecule has 0 saturated heterocycles. The Balaban J connectivity index is 2.81. The summed E-state index contributed by atoms with van der Waals surface area (Å²) in [7, 11) is 0. The maximum atomic E-state index is 12.3. The van der Waals surface area contributed by atoms with Crippen molar-refractivity contribution in [2.75, 3.05) is 0 Å². The van der Waals surface area contributed by atoms with E-state index in [1.165, 1.54) is 44.8 Å². The number of hydrogen-bond donors (Lipinski definition) is 0. The summed E-state index contributed by atoms with van der Waals surface area (Å²) >= 11 is -2.84. The first kappa shape index (κ1) is 18.6. The van der Waals surface area contributed by atoms with E-state index in [1.54, 1.807) is 12.1 Å². The molecule has 120 valence electrons. The quantitative estimate of drug-likeness (QED) is 0.441. The SMILES string of the molecule is CCC[CH2][Sn]([CH2]CCC)([CH2]CCC)[O]C(=O)c1ccco1. The molecule has 21 heavy (non-hydrogen) atoms. The predicted octanol–water partition coefficient (Wildman–Crippen LogP) is 5.78. The first-order valence-electron chi connectivity index (χ1n) is 8.44. The van der Waals surface area contributed by atoms with Crippen LogP contribution in [-0.2, 0) is 3.07 Å². The molecule has 0 spiro atoms. The van der Waals surface area contributed by atoms with E-state index < -0.39 is 18.8 Å². The number of unbranched alkanes of at least 4 members (excludes halogenated alkanes) is 3. The van der Waals surface area contributed by atoms with Crippen LogP contribution in [0.2, 0.25) is 13.3 Å². The van der Waals surface area contributed by atoms with Gasteiger partial charge in [-0.2, -0.15) is 0 Å². The average molecular weight is 401 g/mol. The van der Waals surface area contributed by atoms with Crippen molar-refractivity contribution >= 4 is 24.8 Å². The van der Waals surface area contributed by atoms with Crippen LogP contribution in [0.25, 0.3) is 0 Å². The zero-order valence-electron chi connectivity index (χ0n) is 13.8. The molecule has 0 aromatic carbocycles. The fourth-order valence-corrected chi connectivity index (χ4v) is 15.6. The van der Waals surface area contributed by atoms with Crippen LogP contribution in [0, 0.1) is 0 Å². The summed E-state index contributed by atoms with van der Waals surface area (Å²) in [6, 6.07) is 3.45. The average Bonchev–Trinajstić information content (AvgIpc) is 3.03. The summed E-state index contributed by atoms with van der Waals surface area (Å²) in [6.07, 6.45) is 8.64. The predicted molar refractivity (Wildman–Crippen MR) is 89.0 cm³/mol. The molecule has 0 bridgehead atoms. The van der Waals surface area contributed by atoms with Gasteiger partial charge in [-0.15, -0.1) is 0 Å². The van der Waals surface area contributed by atoms with Crippen LogP contribution in [0.15, 0.2) is 22.8 Å². The van der Waals surface area contributed by atoms with Crippen molar-refractivity contribution in [1.82, 2.24) is 0 Å². The second kappa shape index (κ2) is 10.3. The van der Waals surface area contributed by atoms with E-state index in [9.17, 15) is 4.79 Å². The molecule has 0 aliphatic rings. The molecule has 0 atom stereocenters. The molecule has 0 aliphatic carbocycles. The van der Waals surface area contributed by atoms with Crippen molar-refractivity contribution < 1.29 is 12.3 Å². The third-order valence-electron chi connectivity index (χ3n) is 3.99. The minimum absolute atomic E-state index is 0.223. The van der Waals surface area contributed by atoms with Gasteiger partial charge in [0.2, 0.25) is 0 Å². The van der Waals surface area contributed by atoms with E-state index in [4.69, 9.17) is 7.49 Å². The Morgan fingerprint density at radius 2 is 1.57 bits per heavy atom. The molecule has 0 radical (unpaired) electrons. The molecule has 1 aromatic rings. The number of rotatable bonds is 11. The van der Waals surface area contributed by atoms with Gasteiger partial charge in [0.1, 0.15) is 0 Å². The van der Waals surface area contributed by atoms with Crippen LogP contribution in [-0.4, -0.2) is 24.8 Å². The molecule has 0 fully saturated rings. The van der Waals surface area contributed by atoms with Gasteiger partial charge in [-0.25, -0.2) is 0 Å². The molecule has 0 aliphatic heterocycles. The van der Waals surface area contributed by atoms with Gasteiger partial charge in [0.05, 0.1) is 0 Å². The number of furan rings is 1. The van der Waals surface area contributed by atoms with E-state index in [0.29, 0.717) is 5.76 Å². The summed E-state index contributed by atoms with van der Waals surface area (Å²) < 4.78 is 14.9. The molecule has 1 rings (SSSR count). The van der Waals surface area contributed by atoms with Crippen molar-refractivity contribution in [1.29, 1.82) is 0 Å². The van der Waals surface area contributed by atoms with Crippen molar-refractivity contribution in [2.45, 2.75) is 72.6 Å². The van der Waals surface area contributed by atoms with E-state index in [-0.39, 0.29) is 5.97 Å². The summed E-state index contributed by atoms with van der Waals surface area (Å²) in [4.78, 5) is 12.3. The second-order valence-electron chi connectivity index (χ2n) is 5.86. The Morgan fingerprint density at radius 3 is 1.95 bits per heavy atom. The van der Waals surface area contributed by atoms with Gasteiger partial charge in [-0.1, -0.05) is 0 Å². The Morgan fingerprint density at radius 1 is 1.05 bits per heavy atom. The minimum atomic E-state index is -2.84. The molecular formula is C17H30O3Sn. The Hall–Kier alpha value is -0.451. The van der Waals surface area contributed by atoms with Gasteiger partial charge < -0.3 is 0 Å². The fraction of sp³-hybridized carbons (Fsp3) is 0.706. The number of carbonyl (C=O) groups excluding carboxylic acids is 1. The zero-order valence-corrected chi connectivity index (χ0v) is 16.7. The summed E-state index contributed by atoms with van der Waals surface area (Å²) in [5.41, 5.74) is 0. The molecule has 0 unspecified atom stereocenters. The molecule has 4 heteroatoms. The van der Waals surface area contributed by atoms with Crippen molar-refractivity contribution in [3.63, 3.8) is 0 Å². The Labute approximate surface area is 133 Å². The van der Waals surface area contributed by atoms with Gasteiger partial charge in [0.15, 0.2) is 0 Å². The Kier molecular flexibility index (Phi) is 9.13. The standard InChI is InChI=1S/C5H4O3.3C4H9.Sn/c6-5(7)4-2-1-3-8-4;3*1-3-4-2;/h1-3H,(H,6,7);3*1,3-4H2,2H3;/q;;;;+1/p-1. The zero-order chi connectivity index (χ0) is 15.6. The molecule has 1 aromatic heterocycles. The van der Waals surface area contributed by atoms with Crippen LogP contribution < -0.4 is 0 Å². The van der Waals surface area contributed by atoms with Gasteiger partial charge in [-0.3, -0.25) is 0 Å². The number of carbonyl (C=O) groups is 1. The van der Waals surface area contributed by atoms with Gasteiger partial charge in [-0.05, 0) is 0 Å². The van der Waals surface area contributed by atoms with Gasteiger partial charge in [0.25, 0.3) is 0 Å². The Bertz CT molecular complexity index is 365. The number of hydrogen-bond acceptors (Lipinski definition) is 3. The van der Waals surface area contributed by atoms with Crippen LogP contribution in [0.3, 0.4) is 0 Å². The molecule has 1 heterocycles. The first-order valence-corrected chi connectivity index (χ1v) is 15.7. The van der Waals surface area contributed by atoms with E-state index in [1.807, 2.05) is 0 Å². The normalized spacial score (nSPS) is 11.6. The van der Waals surface area contributed by atoms with Gasteiger partial charge >= 0.3 is 134 Å². The summed E-state index contributed by atoms with van der Waals surface area (Å²) in [6.45, 7) is 6.64. The maximum absolute atomic E-state index is 12.3.